The number of halogens is 2. The van der Waals surface area contributed by atoms with Gasteiger partial charge in [-0.15, -0.1) is 0 Å². The maximum Gasteiger partial charge on any atom is 0.127 e. The average molecular weight is 302 g/mol. The van der Waals surface area contributed by atoms with E-state index in [2.05, 4.69) is 0 Å². The Morgan fingerprint density at radius 2 is 1.86 bits per heavy atom. The van der Waals surface area contributed by atoms with Gasteiger partial charge in [0.15, 0.2) is 0 Å². The summed E-state index contributed by atoms with van der Waals surface area (Å²) in [5.74, 6) is 0.303. The molecule has 21 heavy (non-hydrogen) atoms. The van der Waals surface area contributed by atoms with Gasteiger partial charge in [0.1, 0.15) is 11.6 Å². The molecule has 3 aromatic rings. The van der Waals surface area contributed by atoms with Gasteiger partial charge in [0.25, 0.3) is 0 Å². The normalized spacial score (nSPS) is 10.8. The molecule has 0 saturated heterocycles. The molecule has 0 fully saturated rings. The molecular formula is C17H13ClFNO. The predicted molar refractivity (Wildman–Crippen MR) is 85.3 cm³/mol. The van der Waals surface area contributed by atoms with E-state index in [4.69, 9.17) is 22.1 Å². The van der Waals surface area contributed by atoms with Crippen LogP contribution in [0.2, 0.25) is 5.02 Å². The summed E-state index contributed by atoms with van der Waals surface area (Å²) >= 11 is 6.04. The van der Waals surface area contributed by atoms with Crippen LogP contribution in [0.4, 0.5) is 10.1 Å². The van der Waals surface area contributed by atoms with Crippen molar-refractivity contribution in [3.8, 4) is 16.9 Å². The fraction of sp³-hybridized carbons (Fsp3) is 0.0588. The Kier molecular flexibility index (Phi) is 3.43. The molecule has 0 unspecified atom stereocenters. The van der Waals surface area contributed by atoms with Crippen LogP contribution in [0.1, 0.15) is 0 Å². The lowest BCUT2D eigenvalue weighted by Gasteiger charge is -2.12. The number of hydrogen-bond donors (Lipinski definition) is 1. The summed E-state index contributed by atoms with van der Waals surface area (Å²) in [6.45, 7) is 0. The second-order valence-electron chi connectivity index (χ2n) is 4.78. The van der Waals surface area contributed by atoms with Gasteiger partial charge < -0.3 is 10.5 Å². The highest BCUT2D eigenvalue weighted by atomic mass is 35.5. The summed E-state index contributed by atoms with van der Waals surface area (Å²) in [4.78, 5) is 0. The molecule has 0 aliphatic heterocycles. The van der Waals surface area contributed by atoms with E-state index in [1.165, 1.54) is 12.1 Å². The second-order valence-corrected chi connectivity index (χ2v) is 5.21. The molecule has 0 atom stereocenters. The molecule has 0 aliphatic carbocycles. The van der Waals surface area contributed by atoms with Crippen molar-refractivity contribution in [3.63, 3.8) is 0 Å². The van der Waals surface area contributed by atoms with E-state index in [9.17, 15) is 4.39 Å². The lowest BCUT2D eigenvalue weighted by Crippen LogP contribution is -1.92. The molecule has 2 nitrogen and oxygen atoms in total. The van der Waals surface area contributed by atoms with Crippen LogP contribution in [0.5, 0.6) is 5.75 Å². The fourth-order valence-corrected chi connectivity index (χ4v) is 2.57. The minimum Gasteiger partial charge on any atom is -0.496 e. The first kappa shape index (κ1) is 13.7. The van der Waals surface area contributed by atoms with Crippen LogP contribution in [0.15, 0.2) is 48.5 Å². The number of hydrogen-bond acceptors (Lipinski definition) is 2. The van der Waals surface area contributed by atoms with Crippen molar-refractivity contribution >= 4 is 28.1 Å². The Balaban J connectivity index is 2.29. The molecule has 0 bridgehead atoms. The van der Waals surface area contributed by atoms with Crippen molar-refractivity contribution in [2.45, 2.75) is 0 Å². The molecule has 4 heteroatoms. The second kappa shape index (κ2) is 5.26. The molecule has 2 N–H and O–H groups in total. The van der Waals surface area contributed by atoms with Crippen LogP contribution in [-0.4, -0.2) is 7.11 Å². The maximum absolute atomic E-state index is 13.4. The summed E-state index contributed by atoms with van der Waals surface area (Å²) in [7, 11) is 1.56. The summed E-state index contributed by atoms with van der Waals surface area (Å²) < 4.78 is 18.8. The topological polar surface area (TPSA) is 35.2 Å². The Morgan fingerprint density at radius 3 is 2.62 bits per heavy atom. The van der Waals surface area contributed by atoms with E-state index >= 15 is 0 Å². The molecule has 0 amide bonds. The molecule has 0 saturated carbocycles. The zero-order chi connectivity index (χ0) is 15.0. The zero-order valence-electron chi connectivity index (χ0n) is 11.4. The lowest BCUT2D eigenvalue weighted by molar-refractivity contribution is 0.420. The number of nitrogens with two attached hydrogens (primary N) is 1. The first-order valence-electron chi connectivity index (χ1n) is 6.41. The first-order chi connectivity index (χ1) is 10.1. The van der Waals surface area contributed by atoms with Gasteiger partial charge in [-0.2, -0.15) is 0 Å². The molecule has 0 heterocycles. The number of benzene rings is 3. The van der Waals surface area contributed by atoms with Crippen LogP contribution >= 0.6 is 11.6 Å². The minimum atomic E-state index is -0.296. The maximum atomic E-state index is 13.4. The van der Waals surface area contributed by atoms with Gasteiger partial charge >= 0.3 is 0 Å². The number of methoxy groups -OCH3 is 1. The molecule has 0 spiro atoms. The summed E-state index contributed by atoms with van der Waals surface area (Å²) in [5.41, 5.74) is 8.36. The Labute approximate surface area is 126 Å². The van der Waals surface area contributed by atoms with Crippen molar-refractivity contribution in [3.05, 3.63) is 59.4 Å². The number of ether oxygens (including phenoxy) is 1. The highest BCUT2D eigenvalue weighted by Gasteiger charge is 2.10. The van der Waals surface area contributed by atoms with Crippen molar-refractivity contribution < 1.29 is 9.13 Å². The van der Waals surface area contributed by atoms with Gasteiger partial charge in [0, 0.05) is 21.7 Å². The van der Waals surface area contributed by atoms with Gasteiger partial charge in [-0.05, 0) is 53.4 Å². The third-order valence-electron chi connectivity index (χ3n) is 3.42. The van der Waals surface area contributed by atoms with Gasteiger partial charge in [-0.1, -0.05) is 17.7 Å². The smallest absolute Gasteiger partial charge is 0.127 e. The Morgan fingerprint density at radius 1 is 1.05 bits per heavy atom. The number of anilines is 1. The minimum absolute atomic E-state index is 0.296. The van der Waals surface area contributed by atoms with Crippen molar-refractivity contribution in [1.29, 1.82) is 0 Å². The SMILES string of the molecule is COc1cc(-c2cc(Cl)ccc2N)cc2ccc(F)cc12. The van der Waals surface area contributed by atoms with E-state index < -0.39 is 0 Å². The summed E-state index contributed by atoms with van der Waals surface area (Å²) in [6, 6.07) is 13.7. The first-order valence-corrected chi connectivity index (χ1v) is 6.79. The molecule has 0 radical (unpaired) electrons. The molecule has 0 aromatic heterocycles. The Bertz CT molecular complexity index is 832. The molecule has 0 aliphatic rings. The lowest BCUT2D eigenvalue weighted by atomic mass is 9.99. The quantitative estimate of drug-likeness (QED) is 0.684. The highest BCUT2D eigenvalue weighted by Crippen LogP contribution is 2.36. The van der Waals surface area contributed by atoms with Crippen LogP contribution < -0.4 is 10.5 Å². The third kappa shape index (κ3) is 2.52. The zero-order valence-corrected chi connectivity index (χ0v) is 12.1. The van der Waals surface area contributed by atoms with E-state index in [-0.39, 0.29) is 5.82 Å². The predicted octanol–water partition coefficient (Wildman–Crippen LogP) is 4.89. The van der Waals surface area contributed by atoms with Gasteiger partial charge in [0.05, 0.1) is 7.11 Å². The van der Waals surface area contributed by atoms with Gasteiger partial charge in [0.2, 0.25) is 0 Å². The van der Waals surface area contributed by atoms with Crippen molar-refractivity contribution in [1.82, 2.24) is 0 Å². The number of nitrogen functional groups attached to an aromatic ring is 1. The molecule has 3 rings (SSSR count). The van der Waals surface area contributed by atoms with Crippen molar-refractivity contribution in [2.24, 2.45) is 0 Å². The number of rotatable bonds is 2. The van der Waals surface area contributed by atoms with Crippen LogP contribution in [0, 0.1) is 5.82 Å². The molecule has 106 valence electrons. The standard InChI is InChI=1S/C17H13ClFNO/c1-21-17-7-11(14-8-12(18)3-5-16(14)20)6-10-2-4-13(19)9-15(10)17/h2-9H,20H2,1H3. The molecule has 3 aromatic carbocycles. The van der Waals surface area contributed by atoms with Crippen molar-refractivity contribution in [2.75, 3.05) is 12.8 Å². The van der Waals surface area contributed by atoms with Crippen LogP contribution in [0.3, 0.4) is 0 Å². The van der Waals surface area contributed by atoms with E-state index in [1.807, 2.05) is 12.1 Å². The fourth-order valence-electron chi connectivity index (χ4n) is 2.40. The van der Waals surface area contributed by atoms with Gasteiger partial charge in [-0.25, -0.2) is 4.39 Å². The van der Waals surface area contributed by atoms with Crippen LogP contribution in [0.25, 0.3) is 21.9 Å². The third-order valence-corrected chi connectivity index (χ3v) is 3.66. The van der Waals surface area contributed by atoms with Crippen LogP contribution in [-0.2, 0) is 0 Å². The number of fused-ring (bicyclic) bond motifs is 1. The average Bonchev–Trinajstić information content (AvgIpc) is 2.48. The highest BCUT2D eigenvalue weighted by molar-refractivity contribution is 6.31. The van der Waals surface area contributed by atoms with E-state index in [0.29, 0.717) is 16.5 Å². The largest absolute Gasteiger partial charge is 0.496 e. The molecular weight excluding hydrogens is 289 g/mol. The van der Waals surface area contributed by atoms with E-state index in [0.717, 1.165) is 21.9 Å². The summed E-state index contributed by atoms with van der Waals surface area (Å²) in [5, 5.41) is 2.21. The summed E-state index contributed by atoms with van der Waals surface area (Å²) in [6.07, 6.45) is 0. The Hall–Kier alpha value is -2.26. The van der Waals surface area contributed by atoms with E-state index in [1.54, 1.807) is 31.4 Å². The monoisotopic (exact) mass is 301 g/mol. The van der Waals surface area contributed by atoms with Gasteiger partial charge in [-0.3, -0.25) is 0 Å².